The van der Waals surface area contributed by atoms with Crippen LogP contribution in [0.2, 0.25) is 0 Å². The predicted octanol–water partition coefficient (Wildman–Crippen LogP) is 2.53. The average Bonchev–Trinajstić information content (AvgIpc) is 2.40. The number of hydrogen-bond acceptors (Lipinski definition) is 6. The summed E-state index contributed by atoms with van der Waals surface area (Å²) >= 11 is 0. The Kier molecular flexibility index (Phi) is 10.2. The summed E-state index contributed by atoms with van der Waals surface area (Å²) in [6.07, 6.45) is 6.41. The molecular formula is C15H24BN6. The van der Waals surface area contributed by atoms with Crippen LogP contribution in [0.1, 0.15) is 45.5 Å². The zero-order valence-corrected chi connectivity index (χ0v) is 12.6. The van der Waals surface area contributed by atoms with E-state index in [2.05, 4.69) is 40.4 Å². The van der Waals surface area contributed by atoms with Crippen molar-refractivity contribution in [3.8, 4) is 0 Å². The smallest absolute Gasteiger partial charge is 0.141 e. The van der Waals surface area contributed by atoms with Crippen molar-refractivity contribution in [2.24, 2.45) is 0 Å². The lowest BCUT2D eigenvalue weighted by molar-refractivity contribution is 0.813. The van der Waals surface area contributed by atoms with Gasteiger partial charge in [-0.3, -0.25) is 9.97 Å². The van der Waals surface area contributed by atoms with Crippen LogP contribution in [-0.4, -0.2) is 28.3 Å². The molecule has 0 fully saturated rings. The van der Waals surface area contributed by atoms with E-state index in [0.29, 0.717) is 17.6 Å². The predicted molar refractivity (Wildman–Crippen MR) is 94.2 cm³/mol. The summed E-state index contributed by atoms with van der Waals surface area (Å²) in [4.78, 5) is 15.9. The summed E-state index contributed by atoms with van der Waals surface area (Å²) in [7, 11) is 0. The van der Waals surface area contributed by atoms with Gasteiger partial charge < -0.3 is 11.5 Å². The molecule has 7 heteroatoms. The number of allylic oxidation sites excluding steroid dienone is 1. The van der Waals surface area contributed by atoms with E-state index in [-0.39, 0.29) is 15.8 Å². The highest BCUT2D eigenvalue weighted by Crippen LogP contribution is 2.09. The second-order valence-electron chi connectivity index (χ2n) is 4.63. The first-order valence-corrected chi connectivity index (χ1v) is 6.21. The number of nitrogens with zero attached hydrogens (tertiary/aromatic N) is 4. The third-order valence-corrected chi connectivity index (χ3v) is 2.39. The van der Waals surface area contributed by atoms with Crippen LogP contribution in [0.15, 0.2) is 31.4 Å². The highest BCUT2D eigenvalue weighted by Gasteiger charge is 1.98. The topological polar surface area (TPSA) is 104 Å². The van der Waals surface area contributed by atoms with Crippen molar-refractivity contribution in [2.45, 2.75) is 34.1 Å². The average molecular weight is 299 g/mol. The number of aromatic nitrogens is 4. The molecule has 6 nitrogen and oxygen atoms in total. The van der Waals surface area contributed by atoms with Crippen LogP contribution in [0.3, 0.4) is 0 Å². The molecule has 2 aromatic heterocycles. The van der Waals surface area contributed by atoms with Crippen LogP contribution in [0.25, 0.3) is 5.57 Å². The summed E-state index contributed by atoms with van der Waals surface area (Å²) < 4.78 is 0. The first-order valence-electron chi connectivity index (χ1n) is 6.21. The molecule has 117 valence electrons. The molecule has 3 radical (unpaired) electrons. The van der Waals surface area contributed by atoms with Gasteiger partial charge in [0.1, 0.15) is 11.6 Å². The molecule has 2 heterocycles. The van der Waals surface area contributed by atoms with Gasteiger partial charge in [0.2, 0.25) is 0 Å². The molecule has 0 aromatic carbocycles. The molecule has 4 N–H and O–H groups in total. The SMILES string of the molecule is C.C=C(C)c1cnc(N)cn1.CC(C)c1cnc(N)cn1.[B]. The Bertz CT molecular complexity index is 551. The maximum atomic E-state index is 5.35. The largest absolute Gasteiger partial charge is 0.382 e. The van der Waals surface area contributed by atoms with E-state index in [1.165, 1.54) is 6.20 Å². The normalized spacial score (nSPS) is 8.91. The number of nitrogen functional groups attached to an aromatic ring is 2. The standard InChI is InChI=1S/C7H11N3.C7H9N3.CH4.B/c2*1-5(2)6-3-10-7(8)4-9-6;;/h3-5H,1-2H3,(H2,8,10);3-4H,1H2,2H3,(H2,8,10);1H4;. The van der Waals surface area contributed by atoms with E-state index in [1.54, 1.807) is 18.6 Å². The highest BCUT2D eigenvalue weighted by atomic mass is 14.9. The van der Waals surface area contributed by atoms with Crippen molar-refractivity contribution in [1.82, 2.24) is 19.9 Å². The summed E-state index contributed by atoms with van der Waals surface area (Å²) in [6, 6.07) is 0. The molecule has 2 rings (SSSR count). The van der Waals surface area contributed by atoms with Crippen molar-refractivity contribution in [3.05, 3.63) is 42.8 Å². The third-order valence-electron chi connectivity index (χ3n) is 2.39. The van der Waals surface area contributed by atoms with Gasteiger partial charge in [0, 0.05) is 8.41 Å². The van der Waals surface area contributed by atoms with E-state index < -0.39 is 0 Å². The molecule has 0 atom stereocenters. The van der Waals surface area contributed by atoms with Gasteiger partial charge in [-0.25, -0.2) is 9.97 Å². The lowest BCUT2D eigenvalue weighted by atomic mass is 10.1. The summed E-state index contributed by atoms with van der Waals surface area (Å²) in [5.41, 5.74) is 13.3. The maximum Gasteiger partial charge on any atom is 0.141 e. The van der Waals surface area contributed by atoms with Crippen molar-refractivity contribution in [1.29, 1.82) is 0 Å². The fraction of sp³-hybridized carbons (Fsp3) is 0.333. The molecule has 0 aliphatic carbocycles. The minimum Gasteiger partial charge on any atom is -0.382 e. The zero-order valence-electron chi connectivity index (χ0n) is 12.6. The minimum atomic E-state index is 0. The van der Waals surface area contributed by atoms with Crippen LogP contribution in [0.5, 0.6) is 0 Å². The molecule has 0 amide bonds. The lowest BCUT2D eigenvalue weighted by Crippen LogP contribution is -1.96. The van der Waals surface area contributed by atoms with Gasteiger partial charge >= 0.3 is 0 Å². The van der Waals surface area contributed by atoms with E-state index in [4.69, 9.17) is 11.5 Å². The second-order valence-corrected chi connectivity index (χ2v) is 4.63. The molecule has 0 bridgehead atoms. The van der Waals surface area contributed by atoms with Gasteiger partial charge in [-0.1, -0.05) is 27.9 Å². The van der Waals surface area contributed by atoms with Crippen molar-refractivity contribution in [2.75, 3.05) is 11.5 Å². The van der Waals surface area contributed by atoms with Crippen LogP contribution in [-0.2, 0) is 0 Å². The summed E-state index contributed by atoms with van der Waals surface area (Å²) in [5.74, 6) is 1.34. The Morgan fingerprint density at radius 1 is 0.955 bits per heavy atom. The van der Waals surface area contributed by atoms with Gasteiger partial charge in [0.05, 0.1) is 36.2 Å². The molecule has 0 spiro atoms. The number of nitrogens with two attached hydrogens (primary N) is 2. The number of anilines is 2. The van der Waals surface area contributed by atoms with Crippen molar-refractivity contribution in [3.63, 3.8) is 0 Å². The zero-order chi connectivity index (χ0) is 15.1. The Morgan fingerprint density at radius 2 is 1.45 bits per heavy atom. The molecule has 0 saturated heterocycles. The second kappa shape index (κ2) is 10.3. The Balaban J connectivity index is 0. The van der Waals surface area contributed by atoms with Crippen LogP contribution >= 0.6 is 0 Å². The van der Waals surface area contributed by atoms with Crippen LogP contribution in [0, 0.1) is 0 Å². The minimum absolute atomic E-state index is 0. The highest BCUT2D eigenvalue weighted by molar-refractivity contribution is 5.75. The van der Waals surface area contributed by atoms with Crippen LogP contribution in [0.4, 0.5) is 11.6 Å². The van der Waals surface area contributed by atoms with E-state index in [9.17, 15) is 0 Å². The molecule has 2 aromatic rings. The molecule has 0 aliphatic heterocycles. The van der Waals surface area contributed by atoms with Gasteiger partial charge in [-0.15, -0.1) is 0 Å². The van der Waals surface area contributed by atoms with E-state index in [0.717, 1.165) is 17.0 Å². The van der Waals surface area contributed by atoms with Gasteiger partial charge in [0.25, 0.3) is 0 Å². The molecule has 0 saturated carbocycles. The summed E-state index contributed by atoms with van der Waals surface area (Å²) in [6.45, 7) is 9.73. The lowest BCUT2D eigenvalue weighted by Gasteiger charge is -2.01. The molecule has 0 aliphatic rings. The monoisotopic (exact) mass is 299 g/mol. The van der Waals surface area contributed by atoms with Crippen LogP contribution < -0.4 is 11.5 Å². The van der Waals surface area contributed by atoms with Gasteiger partial charge in [0.15, 0.2) is 0 Å². The molecule has 0 unspecified atom stereocenters. The fourth-order valence-corrected chi connectivity index (χ4v) is 1.20. The Morgan fingerprint density at radius 3 is 1.77 bits per heavy atom. The Hall–Kier alpha value is -2.44. The number of rotatable bonds is 2. The Labute approximate surface area is 134 Å². The quantitative estimate of drug-likeness (QED) is 0.826. The van der Waals surface area contributed by atoms with Crippen molar-refractivity contribution < 1.29 is 0 Å². The third kappa shape index (κ3) is 7.37. The van der Waals surface area contributed by atoms with E-state index >= 15 is 0 Å². The van der Waals surface area contributed by atoms with Gasteiger partial charge in [-0.05, 0) is 18.4 Å². The number of hydrogen-bond donors (Lipinski definition) is 2. The summed E-state index contributed by atoms with van der Waals surface area (Å²) in [5, 5.41) is 0. The fourth-order valence-electron chi connectivity index (χ4n) is 1.20. The van der Waals surface area contributed by atoms with Crippen molar-refractivity contribution >= 4 is 25.6 Å². The molecule has 22 heavy (non-hydrogen) atoms. The first kappa shape index (κ1) is 21.9. The molecular weight excluding hydrogens is 275 g/mol. The first-order chi connectivity index (χ1) is 9.40. The van der Waals surface area contributed by atoms with E-state index in [1.807, 2.05) is 6.92 Å². The maximum absolute atomic E-state index is 5.35. The van der Waals surface area contributed by atoms with Gasteiger partial charge in [-0.2, -0.15) is 0 Å².